The van der Waals surface area contributed by atoms with Crippen LogP contribution in [0.4, 0.5) is 0 Å². The van der Waals surface area contributed by atoms with Crippen LogP contribution in [0, 0.1) is 6.92 Å². The summed E-state index contributed by atoms with van der Waals surface area (Å²) >= 11 is 0. The molecule has 0 saturated carbocycles. The Morgan fingerprint density at radius 1 is 1.20 bits per heavy atom. The van der Waals surface area contributed by atoms with Crippen LogP contribution >= 0.6 is 0 Å². The van der Waals surface area contributed by atoms with Crippen LogP contribution < -0.4 is 10.6 Å². The molecule has 0 fully saturated rings. The average Bonchev–Trinajstić information content (AvgIpc) is 2.71. The van der Waals surface area contributed by atoms with E-state index in [2.05, 4.69) is 68.0 Å². The molecule has 0 unspecified atom stereocenters. The van der Waals surface area contributed by atoms with Crippen molar-refractivity contribution in [3.8, 4) is 5.69 Å². The van der Waals surface area contributed by atoms with Crippen LogP contribution in [-0.4, -0.2) is 4.57 Å². The summed E-state index contributed by atoms with van der Waals surface area (Å²) in [6.07, 6.45) is 9.21. The Labute approximate surface area is 120 Å². The van der Waals surface area contributed by atoms with Crippen molar-refractivity contribution >= 4 is 18.7 Å². The van der Waals surface area contributed by atoms with Gasteiger partial charge in [-0.2, -0.15) is 0 Å². The highest BCUT2D eigenvalue weighted by Gasteiger charge is 2.09. The van der Waals surface area contributed by atoms with Crippen LogP contribution in [0.1, 0.15) is 24.6 Å². The third kappa shape index (κ3) is 2.53. The lowest BCUT2D eigenvalue weighted by Gasteiger charge is -2.08. The van der Waals surface area contributed by atoms with Crippen molar-refractivity contribution in [3.63, 3.8) is 0 Å². The summed E-state index contributed by atoms with van der Waals surface area (Å²) in [6.45, 7) is 12.3. The highest BCUT2D eigenvalue weighted by atomic mass is 15.0. The van der Waals surface area contributed by atoms with Crippen molar-refractivity contribution in [1.82, 2.24) is 4.57 Å². The van der Waals surface area contributed by atoms with Gasteiger partial charge in [0.2, 0.25) is 0 Å². The summed E-state index contributed by atoms with van der Waals surface area (Å²) in [4.78, 5) is 0. The maximum Gasteiger partial charge on any atom is 0.0531 e. The molecule has 102 valence electrons. The van der Waals surface area contributed by atoms with Gasteiger partial charge in [0, 0.05) is 11.4 Å². The quantitative estimate of drug-likeness (QED) is 0.794. The Morgan fingerprint density at radius 3 is 2.50 bits per heavy atom. The maximum atomic E-state index is 4.22. The number of allylic oxidation sites excluding steroid dienone is 2. The van der Waals surface area contributed by atoms with Crippen LogP contribution in [0.3, 0.4) is 0 Å². The number of para-hydroxylation sites is 1. The molecular formula is C19H21N. The molecule has 0 amide bonds. The lowest BCUT2D eigenvalue weighted by atomic mass is 10.2. The molecule has 0 bridgehead atoms. The lowest BCUT2D eigenvalue weighted by Crippen LogP contribution is -2.27. The molecule has 20 heavy (non-hydrogen) atoms. The molecule has 2 rings (SSSR count). The summed E-state index contributed by atoms with van der Waals surface area (Å²) in [6, 6.07) is 10.4. The molecule has 0 radical (unpaired) electrons. The van der Waals surface area contributed by atoms with Crippen LogP contribution in [0.25, 0.3) is 24.4 Å². The highest BCUT2D eigenvalue weighted by Crippen LogP contribution is 2.12. The Balaban J connectivity index is 2.85. The SMILES string of the molecule is C=CC=c1c(=C)c(C)c(C=CCC)n1-c1ccccc1. The molecule has 0 N–H and O–H groups in total. The van der Waals surface area contributed by atoms with Gasteiger partial charge in [0.15, 0.2) is 0 Å². The van der Waals surface area contributed by atoms with Crippen LogP contribution in [0.15, 0.2) is 49.1 Å². The van der Waals surface area contributed by atoms with Gasteiger partial charge in [-0.3, -0.25) is 0 Å². The number of rotatable bonds is 4. The molecular weight excluding hydrogens is 242 g/mol. The molecule has 0 spiro atoms. The minimum atomic E-state index is 1.02. The van der Waals surface area contributed by atoms with Crippen molar-refractivity contribution in [3.05, 3.63) is 70.9 Å². The number of nitrogens with zero attached hydrogens (tertiary/aromatic N) is 1. The zero-order valence-corrected chi connectivity index (χ0v) is 12.3. The fraction of sp³-hybridized carbons (Fsp3) is 0.158. The van der Waals surface area contributed by atoms with E-state index in [-0.39, 0.29) is 0 Å². The molecule has 1 heteroatoms. The molecule has 1 heterocycles. The van der Waals surface area contributed by atoms with Gasteiger partial charge in [-0.15, -0.1) is 0 Å². The van der Waals surface area contributed by atoms with Crippen LogP contribution in [0.2, 0.25) is 0 Å². The lowest BCUT2D eigenvalue weighted by molar-refractivity contribution is 1.01. The van der Waals surface area contributed by atoms with Gasteiger partial charge in [0.1, 0.15) is 0 Å². The summed E-state index contributed by atoms with van der Waals surface area (Å²) in [7, 11) is 0. The summed E-state index contributed by atoms with van der Waals surface area (Å²) in [5.41, 5.74) is 3.55. The van der Waals surface area contributed by atoms with Crippen molar-refractivity contribution in [2.75, 3.05) is 0 Å². The van der Waals surface area contributed by atoms with E-state index < -0.39 is 0 Å². The smallest absolute Gasteiger partial charge is 0.0531 e. The van der Waals surface area contributed by atoms with Crippen LogP contribution in [0.5, 0.6) is 0 Å². The zero-order valence-electron chi connectivity index (χ0n) is 12.3. The number of hydrogen-bond acceptors (Lipinski definition) is 0. The minimum absolute atomic E-state index is 1.02. The predicted molar refractivity (Wildman–Crippen MR) is 89.3 cm³/mol. The molecule has 0 aliphatic carbocycles. The Hall–Kier alpha value is -2.28. The van der Waals surface area contributed by atoms with E-state index in [4.69, 9.17) is 0 Å². The van der Waals surface area contributed by atoms with Gasteiger partial charge in [-0.05, 0) is 48.4 Å². The average molecular weight is 263 g/mol. The predicted octanol–water partition coefficient (Wildman–Crippen LogP) is 3.59. The second kappa shape index (κ2) is 6.25. The van der Waals surface area contributed by atoms with E-state index in [1.165, 1.54) is 11.3 Å². The van der Waals surface area contributed by atoms with Crippen molar-refractivity contribution in [2.24, 2.45) is 0 Å². The number of benzene rings is 1. The molecule has 1 nitrogen and oxygen atoms in total. The van der Waals surface area contributed by atoms with E-state index in [1.807, 2.05) is 18.2 Å². The van der Waals surface area contributed by atoms with Crippen LogP contribution in [-0.2, 0) is 0 Å². The Kier molecular flexibility index (Phi) is 4.41. The fourth-order valence-corrected chi connectivity index (χ4v) is 2.35. The minimum Gasteiger partial charge on any atom is -0.310 e. The summed E-state index contributed by atoms with van der Waals surface area (Å²) in [5, 5.41) is 2.16. The normalized spacial score (nSPS) is 12.2. The van der Waals surface area contributed by atoms with E-state index in [0.717, 1.165) is 22.7 Å². The van der Waals surface area contributed by atoms with Gasteiger partial charge in [0.25, 0.3) is 0 Å². The van der Waals surface area contributed by atoms with Gasteiger partial charge in [0.05, 0.1) is 5.35 Å². The second-order valence-electron chi connectivity index (χ2n) is 4.76. The summed E-state index contributed by atoms with van der Waals surface area (Å²) in [5.74, 6) is 0. The van der Waals surface area contributed by atoms with Gasteiger partial charge >= 0.3 is 0 Å². The molecule has 0 saturated heterocycles. The third-order valence-corrected chi connectivity index (χ3v) is 3.43. The number of aromatic nitrogens is 1. The van der Waals surface area contributed by atoms with Crippen molar-refractivity contribution < 1.29 is 0 Å². The molecule has 1 aromatic heterocycles. The Morgan fingerprint density at radius 2 is 1.90 bits per heavy atom. The van der Waals surface area contributed by atoms with Crippen molar-refractivity contribution in [2.45, 2.75) is 20.3 Å². The fourth-order valence-electron chi connectivity index (χ4n) is 2.35. The molecule has 1 aromatic carbocycles. The van der Waals surface area contributed by atoms with Gasteiger partial charge in [-0.25, -0.2) is 0 Å². The first-order valence-corrected chi connectivity index (χ1v) is 6.95. The van der Waals surface area contributed by atoms with Gasteiger partial charge in [-0.1, -0.05) is 50.4 Å². The monoisotopic (exact) mass is 263 g/mol. The summed E-state index contributed by atoms with van der Waals surface area (Å²) < 4.78 is 2.24. The first-order valence-electron chi connectivity index (χ1n) is 6.95. The Bertz CT molecular complexity index is 730. The molecule has 2 aromatic rings. The standard InChI is InChI=1S/C19H21N/c1-5-7-14-19-16(4)15(3)18(11-6-2)20(19)17-12-9-8-10-13-17/h6-14H,2-3,5H2,1,4H3. The molecule has 0 atom stereocenters. The van der Waals surface area contributed by atoms with E-state index in [9.17, 15) is 0 Å². The second-order valence-corrected chi connectivity index (χ2v) is 4.76. The largest absolute Gasteiger partial charge is 0.310 e. The van der Waals surface area contributed by atoms with E-state index >= 15 is 0 Å². The van der Waals surface area contributed by atoms with Crippen molar-refractivity contribution in [1.29, 1.82) is 0 Å². The first-order chi connectivity index (χ1) is 9.70. The first kappa shape index (κ1) is 14.1. The maximum absolute atomic E-state index is 4.22. The number of hydrogen-bond donors (Lipinski definition) is 0. The van der Waals surface area contributed by atoms with Gasteiger partial charge < -0.3 is 4.57 Å². The van der Waals surface area contributed by atoms with E-state index in [0.29, 0.717) is 0 Å². The zero-order chi connectivity index (χ0) is 14.5. The third-order valence-electron chi connectivity index (χ3n) is 3.43. The molecule has 0 aliphatic rings. The topological polar surface area (TPSA) is 4.93 Å². The van der Waals surface area contributed by atoms with E-state index in [1.54, 1.807) is 0 Å². The highest BCUT2D eigenvalue weighted by molar-refractivity contribution is 5.57. The molecule has 0 aliphatic heterocycles.